The molecule has 0 amide bonds. The summed E-state index contributed by atoms with van der Waals surface area (Å²) < 4.78 is 0. The molecular weight excluding hydrogens is 110 g/mol. The summed E-state index contributed by atoms with van der Waals surface area (Å²) in [6.07, 6.45) is 4.30. The van der Waals surface area contributed by atoms with Crippen LogP contribution in [0.5, 0.6) is 0 Å². The Balaban J connectivity index is 2.15. The smallest absolute Gasteiger partial charge is 0.00957 e. The van der Waals surface area contributed by atoms with Crippen LogP contribution in [0, 0.1) is 17.8 Å². The summed E-state index contributed by atoms with van der Waals surface area (Å²) in [5.41, 5.74) is 5.96. The second-order valence-corrected chi connectivity index (χ2v) is 3.77. The van der Waals surface area contributed by atoms with E-state index in [9.17, 15) is 0 Å². The maximum absolute atomic E-state index is 5.96. The Morgan fingerprint density at radius 3 is 2.22 bits per heavy atom. The molecule has 2 N–H and O–H groups in total. The predicted octanol–water partition coefficient (Wildman–Crippen LogP) is 1.38. The van der Waals surface area contributed by atoms with Gasteiger partial charge in [0.05, 0.1) is 0 Å². The molecule has 52 valence electrons. The predicted molar refractivity (Wildman–Crippen MR) is 38.0 cm³/mol. The molecule has 0 heterocycles. The van der Waals surface area contributed by atoms with E-state index >= 15 is 0 Å². The van der Waals surface area contributed by atoms with Crippen LogP contribution in [0.1, 0.15) is 26.2 Å². The summed E-state index contributed by atoms with van der Waals surface area (Å²) in [6.45, 7) is 2.31. The zero-order valence-electron chi connectivity index (χ0n) is 6.01. The van der Waals surface area contributed by atoms with E-state index in [0.29, 0.717) is 6.04 Å². The van der Waals surface area contributed by atoms with Crippen molar-refractivity contribution < 1.29 is 0 Å². The van der Waals surface area contributed by atoms with Gasteiger partial charge in [0.2, 0.25) is 0 Å². The summed E-state index contributed by atoms with van der Waals surface area (Å²) in [5, 5.41) is 0. The quantitative estimate of drug-likeness (QED) is 0.520. The van der Waals surface area contributed by atoms with Crippen molar-refractivity contribution in [3.05, 3.63) is 0 Å². The summed E-state index contributed by atoms with van der Waals surface area (Å²) in [4.78, 5) is 0. The van der Waals surface area contributed by atoms with Gasteiger partial charge in [-0.15, -0.1) is 0 Å². The fourth-order valence-electron chi connectivity index (χ4n) is 2.62. The molecule has 2 saturated carbocycles. The van der Waals surface area contributed by atoms with Gasteiger partial charge in [-0.25, -0.2) is 0 Å². The average Bonchev–Trinajstić information content (AvgIpc) is 2.37. The number of hydrogen-bond donors (Lipinski definition) is 1. The highest BCUT2D eigenvalue weighted by atomic mass is 14.7. The second kappa shape index (κ2) is 1.72. The minimum atomic E-state index is 0.545. The van der Waals surface area contributed by atoms with Crippen LogP contribution in [0.25, 0.3) is 0 Å². The second-order valence-electron chi connectivity index (χ2n) is 3.77. The van der Waals surface area contributed by atoms with Gasteiger partial charge in [0.25, 0.3) is 0 Å². The molecule has 0 saturated heterocycles. The van der Waals surface area contributed by atoms with Gasteiger partial charge in [-0.1, -0.05) is 6.92 Å². The van der Waals surface area contributed by atoms with E-state index in [2.05, 4.69) is 6.92 Å². The lowest BCUT2D eigenvalue weighted by molar-refractivity contribution is 0.312. The van der Waals surface area contributed by atoms with Gasteiger partial charge in [0, 0.05) is 6.04 Å². The van der Waals surface area contributed by atoms with Gasteiger partial charge in [-0.3, -0.25) is 0 Å². The fourth-order valence-corrected chi connectivity index (χ4v) is 2.62. The molecule has 0 aromatic carbocycles. The molecule has 9 heavy (non-hydrogen) atoms. The first-order valence-electron chi connectivity index (χ1n) is 4.04. The molecule has 0 spiro atoms. The topological polar surface area (TPSA) is 26.0 Å². The van der Waals surface area contributed by atoms with Crippen LogP contribution < -0.4 is 5.73 Å². The molecule has 1 heteroatoms. The van der Waals surface area contributed by atoms with E-state index in [1.807, 2.05) is 0 Å². The minimum absolute atomic E-state index is 0.545. The molecule has 0 radical (unpaired) electrons. The van der Waals surface area contributed by atoms with E-state index in [4.69, 9.17) is 5.73 Å². The molecule has 4 atom stereocenters. The lowest BCUT2D eigenvalue weighted by Crippen LogP contribution is -2.33. The largest absolute Gasteiger partial charge is 0.327 e. The Kier molecular flexibility index (Phi) is 1.10. The van der Waals surface area contributed by atoms with Crippen LogP contribution in [0.4, 0.5) is 0 Å². The van der Waals surface area contributed by atoms with Gasteiger partial charge in [0.15, 0.2) is 0 Å². The number of hydrogen-bond acceptors (Lipinski definition) is 1. The maximum Gasteiger partial charge on any atom is 0.00957 e. The Morgan fingerprint density at radius 2 is 1.89 bits per heavy atom. The molecule has 2 aliphatic rings. The Morgan fingerprint density at radius 1 is 1.22 bits per heavy atom. The van der Waals surface area contributed by atoms with Crippen LogP contribution in [-0.2, 0) is 0 Å². The summed E-state index contributed by atoms with van der Waals surface area (Å²) >= 11 is 0. The van der Waals surface area contributed by atoms with E-state index < -0.39 is 0 Å². The van der Waals surface area contributed by atoms with Crippen molar-refractivity contribution in [1.82, 2.24) is 0 Å². The van der Waals surface area contributed by atoms with Gasteiger partial charge < -0.3 is 5.73 Å². The third-order valence-corrected chi connectivity index (χ3v) is 3.41. The average molecular weight is 125 g/mol. The highest BCUT2D eigenvalue weighted by Crippen LogP contribution is 2.47. The van der Waals surface area contributed by atoms with Crippen LogP contribution in [-0.4, -0.2) is 6.04 Å². The molecule has 0 aromatic rings. The molecule has 0 unspecified atom stereocenters. The molecular formula is C8H15N. The maximum atomic E-state index is 5.96. The van der Waals surface area contributed by atoms with Gasteiger partial charge >= 0.3 is 0 Å². The van der Waals surface area contributed by atoms with Crippen molar-refractivity contribution >= 4 is 0 Å². The Hall–Kier alpha value is -0.0400. The Labute approximate surface area is 56.6 Å². The molecule has 0 aromatic heterocycles. The standard InChI is InChI=1S/C8H15N/c1-5-6-2-3-7(4-6)8(5)9/h5-8H,2-4,9H2,1H3/t5-,6-,7+,8+/m1/s1. The van der Waals surface area contributed by atoms with Crippen LogP contribution in [0.3, 0.4) is 0 Å². The minimum Gasteiger partial charge on any atom is -0.327 e. The fraction of sp³-hybridized carbons (Fsp3) is 1.00. The van der Waals surface area contributed by atoms with E-state index in [1.165, 1.54) is 19.3 Å². The van der Waals surface area contributed by atoms with E-state index in [1.54, 1.807) is 0 Å². The van der Waals surface area contributed by atoms with Crippen LogP contribution in [0.15, 0.2) is 0 Å². The lowest BCUT2D eigenvalue weighted by Gasteiger charge is -2.23. The monoisotopic (exact) mass is 125 g/mol. The van der Waals surface area contributed by atoms with E-state index in [0.717, 1.165) is 17.8 Å². The normalized spacial score (nSPS) is 56.7. The molecule has 1 nitrogen and oxygen atoms in total. The summed E-state index contributed by atoms with van der Waals surface area (Å²) in [6, 6.07) is 0.545. The number of rotatable bonds is 0. The van der Waals surface area contributed by atoms with Crippen molar-refractivity contribution in [2.45, 2.75) is 32.2 Å². The first-order valence-corrected chi connectivity index (χ1v) is 4.04. The summed E-state index contributed by atoms with van der Waals surface area (Å²) in [5.74, 6) is 2.71. The summed E-state index contributed by atoms with van der Waals surface area (Å²) in [7, 11) is 0. The Bertz CT molecular complexity index is 104. The highest BCUT2D eigenvalue weighted by Gasteiger charge is 2.42. The molecule has 2 fully saturated rings. The van der Waals surface area contributed by atoms with Crippen molar-refractivity contribution in [3.63, 3.8) is 0 Å². The van der Waals surface area contributed by atoms with Crippen LogP contribution in [0.2, 0.25) is 0 Å². The SMILES string of the molecule is C[C@@H]1[C@@H]2CC[C@@H](C2)[C@H]1N. The highest BCUT2D eigenvalue weighted by molar-refractivity contribution is 4.96. The molecule has 2 aliphatic carbocycles. The molecule has 0 aliphatic heterocycles. The molecule has 2 bridgehead atoms. The third-order valence-electron chi connectivity index (χ3n) is 3.41. The van der Waals surface area contributed by atoms with Crippen molar-refractivity contribution in [2.75, 3.05) is 0 Å². The molecule has 2 rings (SSSR count). The lowest BCUT2D eigenvalue weighted by atomic mass is 9.87. The number of nitrogens with two attached hydrogens (primary N) is 1. The van der Waals surface area contributed by atoms with Gasteiger partial charge in [-0.05, 0) is 37.0 Å². The van der Waals surface area contributed by atoms with Crippen molar-refractivity contribution in [1.29, 1.82) is 0 Å². The first kappa shape index (κ1) is 5.72. The van der Waals surface area contributed by atoms with Crippen molar-refractivity contribution in [2.24, 2.45) is 23.5 Å². The van der Waals surface area contributed by atoms with Gasteiger partial charge in [0.1, 0.15) is 0 Å². The van der Waals surface area contributed by atoms with E-state index in [-0.39, 0.29) is 0 Å². The van der Waals surface area contributed by atoms with Crippen molar-refractivity contribution in [3.8, 4) is 0 Å². The zero-order chi connectivity index (χ0) is 6.43. The zero-order valence-corrected chi connectivity index (χ0v) is 6.01. The third kappa shape index (κ3) is 0.644. The van der Waals surface area contributed by atoms with Gasteiger partial charge in [-0.2, -0.15) is 0 Å². The van der Waals surface area contributed by atoms with Crippen LogP contribution >= 0.6 is 0 Å². The first-order chi connectivity index (χ1) is 4.29. The number of fused-ring (bicyclic) bond motifs is 2.